The maximum Gasteiger partial charge on any atom is 0.157 e. The van der Waals surface area contributed by atoms with E-state index in [1.165, 1.54) is 5.56 Å². The van der Waals surface area contributed by atoms with Crippen LogP contribution in [0.1, 0.15) is 36.7 Å². The van der Waals surface area contributed by atoms with Gasteiger partial charge in [0.1, 0.15) is 5.82 Å². The molecule has 0 bridgehead atoms. The Balaban J connectivity index is 1.53. The fraction of sp³-hybridized carbons (Fsp3) is 0.450. The first-order valence-electron chi connectivity index (χ1n) is 9.33. The Bertz CT molecular complexity index is 878. The van der Waals surface area contributed by atoms with Crippen LogP contribution in [0.4, 0.5) is 5.82 Å². The first kappa shape index (κ1) is 17.0. The van der Waals surface area contributed by atoms with Gasteiger partial charge < -0.3 is 4.90 Å². The highest BCUT2D eigenvalue weighted by Gasteiger charge is 2.21. The number of hydrogen-bond donors (Lipinski definition) is 0. The lowest BCUT2D eigenvalue weighted by molar-refractivity contribution is 0.249. The van der Waals surface area contributed by atoms with E-state index in [0.717, 1.165) is 55.6 Å². The summed E-state index contributed by atoms with van der Waals surface area (Å²) < 4.78 is 2.00. The van der Waals surface area contributed by atoms with Gasteiger partial charge in [0.2, 0.25) is 0 Å². The molecular weight excluding hydrogens is 324 g/mol. The molecule has 0 spiro atoms. The van der Waals surface area contributed by atoms with E-state index >= 15 is 0 Å². The summed E-state index contributed by atoms with van der Waals surface area (Å²) in [5.74, 6) is 1.57. The molecule has 6 nitrogen and oxygen atoms in total. The van der Waals surface area contributed by atoms with Crippen molar-refractivity contribution in [3.8, 4) is 0 Å². The van der Waals surface area contributed by atoms with Gasteiger partial charge in [-0.05, 0) is 30.5 Å². The predicted molar refractivity (Wildman–Crippen MR) is 104 cm³/mol. The van der Waals surface area contributed by atoms with Gasteiger partial charge in [0.15, 0.2) is 5.65 Å². The minimum Gasteiger partial charge on any atom is -0.354 e. The summed E-state index contributed by atoms with van der Waals surface area (Å²) in [7, 11) is 0. The van der Waals surface area contributed by atoms with E-state index in [-0.39, 0.29) is 0 Å². The van der Waals surface area contributed by atoms with Crippen molar-refractivity contribution in [1.29, 1.82) is 0 Å². The van der Waals surface area contributed by atoms with Crippen molar-refractivity contribution in [2.24, 2.45) is 0 Å². The number of fused-ring (bicyclic) bond motifs is 1. The molecule has 1 aliphatic heterocycles. The molecule has 0 aromatic carbocycles. The highest BCUT2D eigenvalue weighted by molar-refractivity contribution is 5.52. The van der Waals surface area contributed by atoms with E-state index in [1.54, 1.807) is 0 Å². The molecule has 3 aromatic heterocycles. The topological polar surface area (TPSA) is 49.6 Å². The molecule has 0 amide bonds. The van der Waals surface area contributed by atoms with Crippen molar-refractivity contribution in [3.05, 3.63) is 53.6 Å². The molecule has 1 fully saturated rings. The number of anilines is 1. The van der Waals surface area contributed by atoms with E-state index in [9.17, 15) is 0 Å². The van der Waals surface area contributed by atoms with Crippen LogP contribution in [0.5, 0.6) is 0 Å². The Morgan fingerprint density at radius 3 is 2.46 bits per heavy atom. The minimum absolute atomic E-state index is 0.405. The van der Waals surface area contributed by atoms with Crippen LogP contribution in [0.2, 0.25) is 0 Å². The van der Waals surface area contributed by atoms with Gasteiger partial charge in [-0.1, -0.05) is 13.8 Å². The van der Waals surface area contributed by atoms with Gasteiger partial charge in [-0.25, -0.2) is 4.98 Å². The Morgan fingerprint density at radius 2 is 1.77 bits per heavy atom. The van der Waals surface area contributed by atoms with Gasteiger partial charge in [0.25, 0.3) is 0 Å². The van der Waals surface area contributed by atoms with Gasteiger partial charge >= 0.3 is 0 Å². The fourth-order valence-corrected chi connectivity index (χ4v) is 3.49. The summed E-state index contributed by atoms with van der Waals surface area (Å²) in [5.41, 5.74) is 4.41. The molecule has 1 saturated heterocycles. The maximum atomic E-state index is 4.78. The highest BCUT2D eigenvalue weighted by atomic mass is 15.4. The third-order valence-electron chi connectivity index (χ3n) is 4.99. The lowest BCUT2D eigenvalue weighted by Gasteiger charge is -2.36. The molecule has 0 aliphatic carbocycles. The van der Waals surface area contributed by atoms with Crippen LogP contribution < -0.4 is 4.90 Å². The number of aryl methyl sites for hydroxylation is 1. The third kappa shape index (κ3) is 3.42. The Morgan fingerprint density at radius 1 is 1.04 bits per heavy atom. The summed E-state index contributed by atoms with van der Waals surface area (Å²) >= 11 is 0. The molecule has 4 rings (SSSR count). The number of piperazine rings is 1. The largest absolute Gasteiger partial charge is 0.354 e. The molecule has 6 heteroatoms. The van der Waals surface area contributed by atoms with Crippen LogP contribution >= 0.6 is 0 Å². The Kier molecular flexibility index (Phi) is 4.59. The maximum absolute atomic E-state index is 4.78. The molecule has 0 saturated carbocycles. The average Bonchev–Trinajstić information content (AvgIpc) is 3.02. The van der Waals surface area contributed by atoms with Crippen molar-refractivity contribution in [2.75, 3.05) is 31.1 Å². The number of nitrogens with zero attached hydrogens (tertiary/aromatic N) is 6. The monoisotopic (exact) mass is 350 g/mol. The lowest BCUT2D eigenvalue weighted by Crippen LogP contribution is -2.46. The normalized spacial score (nSPS) is 15.9. The average molecular weight is 350 g/mol. The zero-order valence-electron chi connectivity index (χ0n) is 15.8. The van der Waals surface area contributed by atoms with Gasteiger partial charge in [0.05, 0.1) is 5.69 Å². The van der Waals surface area contributed by atoms with E-state index in [0.29, 0.717) is 5.92 Å². The highest BCUT2D eigenvalue weighted by Crippen LogP contribution is 2.23. The second-order valence-corrected chi connectivity index (χ2v) is 7.37. The first-order valence-corrected chi connectivity index (χ1v) is 9.33. The van der Waals surface area contributed by atoms with Gasteiger partial charge in [-0.15, -0.1) is 0 Å². The molecule has 1 aliphatic rings. The predicted octanol–water partition coefficient (Wildman–Crippen LogP) is 2.88. The number of hydrogen-bond acceptors (Lipinski definition) is 5. The molecule has 0 unspecified atom stereocenters. The SMILES string of the molecule is Cc1cc2nc(C(C)C)cc(N3CCN(Cc4ccncc4)CC3)n2n1. The minimum atomic E-state index is 0.405. The summed E-state index contributed by atoms with van der Waals surface area (Å²) in [6.07, 6.45) is 3.74. The van der Waals surface area contributed by atoms with Gasteiger partial charge in [0, 0.05) is 62.9 Å². The number of aromatic nitrogens is 4. The van der Waals surface area contributed by atoms with Crippen molar-refractivity contribution in [2.45, 2.75) is 33.2 Å². The first-order chi connectivity index (χ1) is 12.6. The summed E-state index contributed by atoms with van der Waals surface area (Å²) in [4.78, 5) is 13.8. The van der Waals surface area contributed by atoms with E-state index < -0.39 is 0 Å². The zero-order valence-corrected chi connectivity index (χ0v) is 15.8. The standard InChI is InChI=1S/C20H26N6/c1-15(2)18-13-20(26-19(22-18)12-16(3)23-26)25-10-8-24(9-11-25)14-17-4-6-21-7-5-17/h4-7,12-13,15H,8-11,14H2,1-3H3. The van der Waals surface area contributed by atoms with Crippen LogP contribution in [0.3, 0.4) is 0 Å². The number of rotatable bonds is 4. The van der Waals surface area contributed by atoms with Crippen molar-refractivity contribution < 1.29 is 0 Å². The molecule has 136 valence electrons. The molecule has 0 N–H and O–H groups in total. The molecule has 0 radical (unpaired) electrons. The molecule has 4 heterocycles. The summed E-state index contributed by atoms with van der Waals surface area (Å²) in [6.45, 7) is 11.5. The lowest BCUT2D eigenvalue weighted by atomic mass is 10.1. The molecule has 26 heavy (non-hydrogen) atoms. The third-order valence-corrected chi connectivity index (χ3v) is 4.99. The van der Waals surface area contributed by atoms with Crippen molar-refractivity contribution in [1.82, 2.24) is 24.5 Å². The van der Waals surface area contributed by atoms with Crippen molar-refractivity contribution in [3.63, 3.8) is 0 Å². The van der Waals surface area contributed by atoms with E-state index in [2.05, 4.69) is 58.0 Å². The second-order valence-electron chi connectivity index (χ2n) is 7.37. The van der Waals surface area contributed by atoms with E-state index in [4.69, 9.17) is 4.98 Å². The quantitative estimate of drug-likeness (QED) is 0.724. The van der Waals surface area contributed by atoms with Gasteiger partial charge in [-0.3, -0.25) is 9.88 Å². The van der Waals surface area contributed by atoms with Crippen LogP contribution in [-0.2, 0) is 6.54 Å². The van der Waals surface area contributed by atoms with Crippen molar-refractivity contribution >= 4 is 11.5 Å². The number of pyridine rings is 1. The van der Waals surface area contributed by atoms with Gasteiger partial charge in [-0.2, -0.15) is 9.61 Å². The smallest absolute Gasteiger partial charge is 0.157 e. The van der Waals surface area contributed by atoms with Crippen LogP contribution in [0.25, 0.3) is 5.65 Å². The molecule has 0 atom stereocenters. The zero-order chi connectivity index (χ0) is 18.1. The van der Waals surface area contributed by atoms with Crippen LogP contribution in [0, 0.1) is 6.92 Å². The summed E-state index contributed by atoms with van der Waals surface area (Å²) in [5, 5.41) is 4.67. The molecular formula is C20H26N6. The Hall–Kier alpha value is -2.47. The second kappa shape index (κ2) is 7.03. The Labute approximate surface area is 154 Å². The molecule has 3 aromatic rings. The van der Waals surface area contributed by atoms with E-state index in [1.807, 2.05) is 23.8 Å². The van der Waals surface area contributed by atoms with Crippen LogP contribution in [0.15, 0.2) is 36.7 Å². The summed E-state index contributed by atoms with van der Waals surface area (Å²) in [6, 6.07) is 8.47. The fourth-order valence-electron chi connectivity index (χ4n) is 3.49. The van der Waals surface area contributed by atoms with Crippen LogP contribution in [-0.4, -0.2) is 50.7 Å².